The standard InChI is InChI=1S/C39H66O15/c1-3-5-7-9-11-13-14-16-17-19-21-30(41)49-24-27(52-31(42)22-20-18-15-12-10-8-6-4-2)25-50-38-37(48)35(46)33(44)29(54-38)26-51-39-36(47)34(45)32(43)28(23-40)53-39/h3-4,6-7,9,27-29,32-40,43-48H,1,5,8,10-26H2,2H3/b6-4+,9-7+/t27-,28-,29-,32+,33+,34+,35+,36-,37-,38-,39+/m1/s1. The van der Waals surface area contributed by atoms with Gasteiger partial charge in [-0.3, -0.25) is 9.59 Å². The molecule has 54 heavy (non-hydrogen) atoms. The van der Waals surface area contributed by atoms with Crippen LogP contribution in [0.4, 0.5) is 0 Å². The summed E-state index contributed by atoms with van der Waals surface area (Å²) in [5.41, 5.74) is 0. The van der Waals surface area contributed by atoms with Crippen LogP contribution in [0.2, 0.25) is 0 Å². The number of aliphatic hydroxyl groups is 7. The molecule has 0 spiro atoms. The Morgan fingerprint density at radius 1 is 0.648 bits per heavy atom. The lowest BCUT2D eigenvalue weighted by Gasteiger charge is -2.42. The van der Waals surface area contributed by atoms with E-state index in [1.807, 2.05) is 19.1 Å². The third-order valence-electron chi connectivity index (χ3n) is 9.32. The van der Waals surface area contributed by atoms with E-state index in [9.17, 15) is 45.3 Å². The molecule has 2 aliphatic rings. The van der Waals surface area contributed by atoms with Crippen LogP contribution in [0.3, 0.4) is 0 Å². The molecular weight excluding hydrogens is 708 g/mol. The number of hydrogen-bond donors (Lipinski definition) is 7. The van der Waals surface area contributed by atoms with E-state index < -0.39 is 99.3 Å². The van der Waals surface area contributed by atoms with Gasteiger partial charge in [-0.05, 0) is 51.9 Å². The maximum atomic E-state index is 12.8. The molecule has 15 heteroatoms. The highest BCUT2D eigenvalue weighted by Gasteiger charge is 2.47. The van der Waals surface area contributed by atoms with Crippen molar-refractivity contribution in [3.05, 3.63) is 37.0 Å². The minimum absolute atomic E-state index is 0.147. The summed E-state index contributed by atoms with van der Waals surface area (Å²) in [6, 6.07) is 0. The van der Waals surface area contributed by atoms with Crippen molar-refractivity contribution in [2.45, 2.75) is 171 Å². The first kappa shape index (κ1) is 47.9. The lowest BCUT2D eigenvalue weighted by atomic mass is 9.98. The fraction of sp³-hybridized carbons (Fsp3) is 0.795. The van der Waals surface area contributed by atoms with Gasteiger partial charge in [0.15, 0.2) is 18.7 Å². The summed E-state index contributed by atoms with van der Waals surface area (Å²) in [4.78, 5) is 25.3. The molecule has 7 N–H and O–H groups in total. The predicted octanol–water partition coefficient (Wildman–Crippen LogP) is 2.25. The van der Waals surface area contributed by atoms with E-state index in [-0.39, 0.29) is 19.4 Å². The van der Waals surface area contributed by atoms with E-state index in [0.717, 1.165) is 70.6 Å². The molecule has 2 aliphatic heterocycles. The number of aliphatic hydroxyl groups excluding tert-OH is 7. The highest BCUT2D eigenvalue weighted by Crippen LogP contribution is 2.26. The average Bonchev–Trinajstić information content (AvgIpc) is 3.16. The monoisotopic (exact) mass is 774 g/mol. The highest BCUT2D eigenvalue weighted by molar-refractivity contribution is 5.70. The molecule has 0 radical (unpaired) electrons. The molecular formula is C39H66O15. The predicted molar refractivity (Wildman–Crippen MR) is 197 cm³/mol. The van der Waals surface area contributed by atoms with Crippen molar-refractivity contribution in [2.24, 2.45) is 0 Å². The summed E-state index contributed by atoms with van der Waals surface area (Å²) in [6.45, 7) is 3.75. The van der Waals surface area contributed by atoms with Crippen LogP contribution >= 0.6 is 0 Å². The van der Waals surface area contributed by atoms with Crippen molar-refractivity contribution in [1.29, 1.82) is 0 Å². The van der Waals surface area contributed by atoms with Crippen molar-refractivity contribution in [3.63, 3.8) is 0 Å². The van der Waals surface area contributed by atoms with E-state index in [1.165, 1.54) is 0 Å². The smallest absolute Gasteiger partial charge is 0.306 e. The van der Waals surface area contributed by atoms with Gasteiger partial charge >= 0.3 is 11.9 Å². The molecule has 0 saturated carbocycles. The van der Waals surface area contributed by atoms with Gasteiger partial charge in [0.1, 0.15) is 55.4 Å². The van der Waals surface area contributed by atoms with E-state index in [0.29, 0.717) is 12.8 Å². The van der Waals surface area contributed by atoms with Crippen LogP contribution in [0.5, 0.6) is 0 Å². The summed E-state index contributed by atoms with van der Waals surface area (Å²) >= 11 is 0. The van der Waals surface area contributed by atoms with Crippen LogP contribution in [0.25, 0.3) is 0 Å². The minimum atomic E-state index is -1.77. The lowest BCUT2D eigenvalue weighted by Crippen LogP contribution is -2.61. The Balaban J connectivity index is 1.91. The van der Waals surface area contributed by atoms with Gasteiger partial charge in [-0.1, -0.05) is 68.9 Å². The van der Waals surface area contributed by atoms with E-state index >= 15 is 0 Å². The Morgan fingerprint density at radius 2 is 1.19 bits per heavy atom. The van der Waals surface area contributed by atoms with Gasteiger partial charge in [0.2, 0.25) is 0 Å². The van der Waals surface area contributed by atoms with Gasteiger partial charge in [-0.25, -0.2) is 0 Å². The number of esters is 2. The SMILES string of the molecule is C=CC/C=C/CCCCCCCC(=O)OC[C@H](CO[C@@H]1O[C@H](CO[C@H]2O[C@H](CO)[C@H](O)[C@H](O)[C@H]2O)[C@H](O)[C@H](O)[C@H]1O)OC(=O)CCCCCCC/C=C/C. The Bertz CT molecular complexity index is 1080. The number of unbranched alkanes of at least 4 members (excludes halogenated alkanes) is 10. The van der Waals surface area contributed by atoms with Crippen molar-refractivity contribution < 1.29 is 73.8 Å². The first-order valence-corrected chi connectivity index (χ1v) is 19.5. The Hall–Kier alpha value is -2.28. The van der Waals surface area contributed by atoms with Gasteiger partial charge in [-0.2, -0.15) is 0 Å². The summed E-state index contributed by atoms with van der Waals surface area (Å²) in [5, 5.41) is 71.5. The third-order valence-corrected chi connectivity index (χ3v) is 9.32. The number of hydrogen-bond acceptors (Lipinski definition) is 15. The zero-order chi connectivity index (χ0) is 39.7. The van der Waals surface area contributed by atoms with Crippen LogP contribution < -0.4 is 0 Å². The molecule has 2 fully saturated rings. The normalized spacial score (nSPS) is 29.4. The molecule has 0 amide bonds. The summed E-state index contributed by atoms with van der Waals surface area (Å²) in [5.74, 6) is -0.974. The van der Waals surface area contributed by atoms with Crippen LogP contribution in [-0.2, 0) is 38.0 Å². The fourth-order valence-electron chi connectivity index (χ4n) is 6.01. The van der Waals surface area contributed by atoms with Gasteiger partial charge in [0.05, 0.1) is 19.8 Å². The Kier molecular flexibility index (Phi) is 25.0. The summed E-state index contributed by atoms with van der Waals surface area (Å²) < 4.78 is 33.2. The number of allylic oxidation sites excluding steroid dienone is 5. The second kappa shape index (κ2) is 28.2. The molecule has 2 rings (SSSR count). The van der Waals surface area contributed by atoms with Crippen molar-refractivity contribution in [1.82, 2.24) is 0 Å². The fourth-order valence-corrected chi connectivity index (χ4v) is 6.01. The molecule has 0 aromatic rings. The van der Waals surface area contributed by atoms with E-state index in [2.05, 4.69) is 24.8 Å². The molecule has 0 aliphatic carbocycles. The van der Waals surface area contributed by atoms with Crippen molar-refractivity contribution in [2.75, 3.05) is 26.4 Å². The molecule has 0 bridgehead atoms. The van der Waals surface area contributed by atoms with Crippen LogP contribution in [0, 0.1) is 0 Å². The first-order valence-electron chi connectivity index (χ1n) is 19.5. The number of ether oxygens (including phenoxy) is 6. The van der Waals surface area contributed by atoms with Gasteiger partial charge in [0, 0.05) is 12.8 Å². The zero-order valence-corrected chi connectivity index (χ0v) is 31.8. The quantitative estimate of drug-likeness (QED) is 0.0344. The van der Waals surface area contributed by atoms with Crippen LogP contribution in [0.15, 0.2) is 37.0 Å². The topological polar surface area (TPSA) is 231 Å². The largest absolute Gasteiger partial charge is 0.462 e. The van der Waals surface area contributed by atoms with E-state index in [1.54, 1.807) is 0 Å². The molecule has 0 unspecified atom stereocenters. The van der Waals surface area contributed by atoms with Crippen LogP contribution in [0.1, 0.15) is 103 Å². The third kappa shape index (κ3) is 18.1. The maximum Gasteiger partial charge on any atom is 0.306 e. The van der Waals surface area contributed by atoms with Crippen LogP contribution in [-0.4, -0.2) is 142 Å². The van der Waals surface area contributed by atoms with Crippen molar-refractivity contribution in [3.8, 4) is 0 Å². The Labute approximate surface area is 319 Å². The van der Waals surface area contributed by atoms with Gasteiger partial charge < -0.3 is 64.2 Å². The first-order chi connectivity index (χ1) is 26.0. The molecule has 0 aromatic carbocycles. The second-order valence-electron chi connectivity index (χ2n) is 13.9. The van der Waals surface area contributed by atoms with Gasteiger partial charge in [-0.15, -0.1) is 6.58 Å². The van der Waals surface area contributed by atoms with E-state index in [4.69, 9.17) is 28.4 Å². The maximum absolute atomic E-state index is 12.8. The Morgan fingerprint density at radius 3 is 1.80 bits per heavy atom. The van der Waals surface area contributed by atoms with Crippen molar-refractivity contribution >= 4 is 11.9 Å². The van der Waals surface area contributed by atoms with Gasteiger partial charge in [0.25, 0.3) is 0 Å². The summed E-state index contributed by atoms with van der Waals surface area (Å²) in [6.07, 6.45) is 5.75. The molecule has 312 valence electrons. The molecule has 15 nitrogen and oxygen atoms in total. The summed E-state index contributed by atoms with van der Waals surface area (Å²) in [7, 11) is 0. The molecule has 2 saturated heterocycles. The second-order valence-corrected chi connectivity index (χ2v) is 13.9. The lowest BCUT2D eigenvalue weighted by molar-refractivity contribution is -0.332. The molecule has 2 heterocycles. The zero-order valence-electron chi connectivity index (χ0n) is 31.8. The average molecular weight is 775 g/mol. The number of carbonyl (C=O) groups is 2. The number of rotatable bonds is 28. The highest BCUT2D eigenvalue weighted by atomic mass is 16.7. The molecule has 11 atom stereocenters. The minimum Gasteiger partial charge on any atom is -0.462 e. The number of carbonyl (C=O) groups excluding carboxylic acids is 2. The molecule has 0 aromatic heterocycles.